The van der Waals surface area contributed by atoms with Gasteiger partial charge in [-0.3, -0.25) is 14.4 Å². The zero-order chi connectivity index (χ0) is 47.9. The molecule has 0 rings (SSSR count). The maximum Gasteiger partial charge on any atom is 0.306 e. The summed E-state index contributed by atoms with van der Waals surface area (Å²) in [5, 5.41) is 0. The molecule has 0 saturated carbocycles. The van der Waals surface area contributed by atoms with Gasteiger partial charge in [0, 0.05) is 19.3 Å². The van der Waals surface area contributed by atoms with Gasteiger partial charge in [-0.05, 0) is 89.9 Å². The van der Waals surface area contributed by atoms with Crippen molar-refractivity contribution >= 4 is 17.9 Å². The number of carbonyl (C=O) groups excluding carboxylic acids is 3. The summed E-state index contributed by atoms with van der Waals surface area (Å²) in [5.41, 5.74) is 0. The van der Waals surface area contributed by atoms with Crippen molar-refractivity contribution in [3.8, 4) is 0 Å². The van der Waals surface area contributed by atoms with Gasteiger partial charge in [0.15, 0.2) is 6.10 Å². The molecule has 6 heteroatoms. The molecule has 0 saturated heterocycles. The Balaban J connectivity index is 4.43. The third-order valence-electron chi connectivity index (χ3n) is 11.9. The van der Waals surface area contributed by atoms with Crippen LogP contribution in [-0.2, 0) is 28.6 Å². The lowest BCUT2D eigenvalue weighted by atomic mass is 10.0. The highest BCUT2D eigenvalue weighted by Crippen LogP contribution is 2.15. The molecule has 0 aliphatic heterocycles. The van der Waals surface area contributed by atoms with Gasteiger partial charge < -0.3 is 14.2 Å². The highest BCUT2D eigenvalue weighted by atomic mass is 16.6. The van der Waals surface area contributed by atoms with E-state index in [1.807, 2.05) is 0 Å². The molecule has 0 heterocycles. The quantitative estimate of drug-likeness (QED) is 0.0262. The van der Waals surface area contributed by atoms with Crippen molar-refractivity contribution in [1.29, 1.82) is 0 Å². The number of carbonyl (C=O) groups is 3. The lowest BCUT2D eigenvalue weighted by Gasteiger charge is -2.18. The molecule has 0 spiro atoms. The highest BCUT2D eigenvalue weighted by molar-refractivity contribution is 5.71. The van der Waals surface area contributed by atoms with Gasteiger partial charge in [0.25, 0.3) is 0 Å². The summed E-state index contributed by atoms with van der Waals surface area (Å²) in [4.78, 5) is 38.1. The zero-order valence-electron chi connectivity index (χ0n) is 43.4. The van der Waals surface area contributed by atoms with Crippen molar-refractivity contribution in [3.05, 3.63) is 72.9 Å². The van der Waals surface area contributed by atoms with Crippen molar-refractivity contribution < 1.29 is 28.6 Å². The molecule has 380 valence electrons. The van der Waals surface area contributed by atoms with E-state index in [-0.39, 0.29) is 31.1 Å². The Kier molecular flexibility index (Phi) is 51.9. The van der Waals surface area contributed by atoms with Crippen LogP contribution < -0.4 is 0 Å². The lowest BCUT2D eigenvalue weighted by molar-refractivity contribution is -0.167. The van der Waals surface area contributed by atoms with E-state index in [1.165, 1.54) is 135 Å². The second-order valence-electron chi connectivity index (χ2n) is 18.5. The van der Waals surface area contributed by atoms with Gasteiger partial charge in [0.05, 0.1) is 0 Å². The number of rotatable bonds is 50. The van der Waals surface area contributed by atoms with Crippen LogP contribution in [0.1, 0.15) is 271 Å². The van der Waals surface area contributed by atoms with E-state index < -0.39 is 6.10 Å². The maximum absolute atomic E-state index is 12.8. The minimum atomic E-state index is -0.789. The summed E-state index contributed by atoms with van der Waals surface area (Å²) < 4.78 is 16.8. The van der Waals surface area contributed by atoms with E-state index in [2.05, 4.69) is 93.7 Å². The number of allylic oxidation sites excluding steroid dienone is 12. The van der Waals surface area contributed by atoms with Gasteiger partial charge in [0.2, 0.25) is 0 Å². The van der Waals surface area contributed by atoms with Gasteiger partial charge >= 0.3 is 17.9 Å². The maximum atomic E-state index is 12.8. The van der Waals surface area contributed by atoms with Crippen LogP contribution in [0.4, 0.5) is 0 Å². The molecule has 0 aliphatic rings. The Bertz CT molecular complexity index is 1240. The van der Waals surface area contributed by atoms with Crippen LogP contribution in [0.2, 0.25) is 0 Å². The summed E-state index contributed by atoms with van der Waals surface area (Å²) in [6, 6.07) is 0. The Morgan fingerprint density at radius 2 is 0.591 bits per heavy atom. The van der Waals surface area contributed by atoms with E-state index >= 15 is 0 Å². The van der Waals surface area contributed by atoms with Crippen LogP contribution in [0, 0.1) is 0 Å². The molecule has 0 aromatic rings. The molecule has 0 aliphatic carbocycles. The molecular formula is C60H104O6. The van der Waals surface area contributed by atoms with Crippen LogP contribution in [0.15, 0.2) is 72.9 Å². The van der Waals surface area contributed by atoms with Gasteiger partial charge in [-0.2, -0.15) is 0 Å². The van der Waals surface area contributed by atoms with Crippen LogP contribution in [0.5, 0.6) is 0 Å². The smallest absolute Gasteiger partial charge is 0.306 e. The highest BCUT2D eigenvalue weighted by Gasteiger charge is 2.19. The molecule has 0 aromatic carbocycles. The summed E-state index contributed by atoms with van der Waals surface area (Å²) in [5.74, 6) is -0.916. The van der Waals surface area contributed by atoms with Crippen LogP contribution >= 0.6 is 0 Å². The normalized spacial score (nSPS) is 12.6. The van der Waals surface area contributed by atoms with E-state index in [0.717, 1.165) is 96.3 Å². The molecule has 6 nitrogen and oxygen atoms in total. The number of unbranched alkanes of at least 4 members (excludes halogenated alkanes) is 27. The van der Waals surface area contributed by atoms with Crippen molar-refractivity contribution in [2.24, 2.45) is 0 Å². The average Bonchev–Trinajstić information content (AvgIpc) is 3.31. The monoisotopic (exact) mass is 921 g/mol. The third-order valence-corrected chi connectivity index (χ3v) is 11.9. The lowest BCUT2D eigenvalue weighted by Crippen LogP contribution is -2.30. The number of hydrogen-bond acceptors (Lipinski definition) is 6. The molecule has 0 bridgehead atoms. The van der Waals surface area contributed by atoms with E-state index in [1.54, 1.807) is 0 Å². The molecule has 1 unspecified atom stereocenters. The van der Waals surface area contributed by atoms with Gasteiger partial charge in [-0.1, -0.05) is 235 Å². The molecular weight excluding hydrogens is 817 g/mol. The van der Waals surface area contributed by atoms with E-state index in [9.17, 15) is 14.4 Å². The predicted octanol–water partition coefficient (Wildman–Crippen LogP) is 18.6. The second-order valence-corrected chi connectivity index (χ2v) is 18.5. The first-order chi connectivity index (χ1) is 32.5. The van der Waals surface area contributed by atoms with Crippen LogP contribution in [-0.4, -0.2) is 37.2 Å². The van der Waals surface area contributed by atoms with E-state index in [0.29, 0.717) is 19.3 Å². The molecule has 0 amide bonds. The van der Waals surface area contributed by atoms with Crippen molar-refractivity contribution in [3.63, 3.8) is 0 Å². The Hall–Kier alpha value is -3.15. The van der Waals surface area contributed by atoms with Crippen molar-refractivity contribution in [1.82, 2.24) is 0 Å². The molecule has 1 atom stereocenters. The standard InChI is InChI=1S/C60H104O6/c1-4-7-10-13-16-19-22-25-28-29-30-31-33-35-38-41-44-47-50-53-59(62)65-56-57(55-64-58(61)52-49-46-43-40-37-34-27-24-21-18-15-12-9-6-3)66-60(63)54-51-48-45-42-39-36-32-26-23-20-17-14-11-8-5-2/h7,10,16,19-20,23,25,28,30-31,35,38,57H,4-6,8-9,11-15,17-18,21-22,24,26-27,29,32-34,36-37,39-56H2,1-3H3/b10-7-,19-16-,23-20-,28-25-,31-30-,38-35-. The number of esters is 3. The fourth-order valence-electron chi connectivity index (χ4n) is 7.76. The predicted molar refractivity (Wildman–Crippen MR) is 284 cm³/mol. The van der Waals surface area contributed by atoms with Gasteiger partial charge in [0.1, 0.15) is 13.2 Å². The molecule has 66 heavy (non-hydrogen) atoms. The molecule has 0 fully saturated rings. The van der Waals surface area contributed by atoms with E-state index in [4.69, 9.17) is 14.2 Å². The topological polar surface area (TPSA) is 78.9 Å². The largest absolute Gasteiger partial charge is 0.462 e. The van der Waals surface area contributed by atoms with Gasteiger partial charge in [-0.15, -0.1) is 0 Å². The summed E-state index contributed by atoms with van der Waals surface area (Å²) in [7, 11) is 0. The second kappa shape index (κ2) is 54.5. The fourth-order valence-corrected chi connectivity index (χ4v) is 7.76. The van der Waals surface area contributed by atoms with Crippen LogP contribution in [0.25, 0.3) is 0 Å². The first-order valence-corrected chi connectivity index (χ1v) is 27.9. The minimum Gasteiger partial charge on any atom is -0.462 e. The van der Waals surface area contributed by atoms with Crippen molar-refractivity contribution in [2.75, 3.05) is 13.2 Å². The van der Waals surface area contributed by atoms with Crippen LogP contribution in [0.3, 0.4) is 0 Å². The number of ether oxygens (including phenoxy) is 3. The molecule has 0 N–H and O–H groups in total. The van der Waals surface area contributed by atoms with Gasteiger partial charge in [-0.25, -0.2) is 0 Å². The fraction of sp³-hybridized carbons (Fsp3) is 0.750. The first kappa shape index (κ1) is 62.8. The van der Waals surface area contributed by atoms with Crippen molar-refractivity contribution in [2.45, 2.75) is 277 Å². The SMILES string of the molecule is CC/C=C\C/C=C\C/C=C\C/C=C\C/C=C\CCCCCC(=O)OCC(COC(=O)CCCCCCCCCCCCCCCC)OC(=O)CCCCCCCCC/C=C\CCCCCC. The number of hydrogen-bond donors (Lipinski definition) is 0. The minimum absolute atomic E-state index is 0.0856. The average molecular weight is 921 g/mol. The summed E-state index contributed by atoms with van der Waals surface area (Å²) in [6.45, 7) is 6.50. The Labute approximate surface area is 408 Å². The zero-order valence-corrected chi connectivity index (χ0v) is 43.4. The summed E-state index contributed by atoms with van der Waals surface area (Å²) >= 11 is 0. The summed E-state index contributed by atoms with van der Waals surface area (Å²) in [6.07, 6.45) is 68.8. The third kappa shape index (κ3) is 51.8. The Morgan fingerprint density at radius 1 is 0.318 bits per heavy atom. The Morgan fingerprint density at radius 3 is 0.970 bits per heavy atom. The molecule has 0 aromatic heterocycles. The first-order valence-electron chi connectivity index (χ1n) is 27.9. The molecule has 0 radical (unpaired) electrons.